The number of H-pyrrole nitrogens is 1. The van der Waals surface area contributed by atoms with Gasteiger partial charge in [-0.25, -0.2) is 0 Å². The molecule has 0 spiro atoms. The van der Waals surface area contributed by atoms with E-state index in [0.717, 1.165) is 31.7 Å². The Bertz CT molecular complexity index is 589. The highest BCUT2D eigenvalue weighted by Crippen LogP contribution is 2.27. The number of aromatic amines is 1. The first kappa shape index (κ1) is 16.6. The second-order valence-electron chi connectivity index (χ2n) is 5.77. The van der Waals surface area contributed by atoms with Crippen LogP contribution in [0.1, 0.15) is 55.1 Å². The fourth-order valence-corrected chi connectivity index (χ4v) is 2.87. The van der Waals surface area contributed by atoms with Gasteiger partial charge in [-0.15, -0.1) is 0 Å². The fraction of sp³-hybridized carbons (Fsp3) is 0.600. The predicted molar refractivity (Wildman–Crippen MR) is 75.6 cm³/mol. The Kier molecular flexibility index (Phi) is 4.93. The maximum absolute atomic E-state index is 12.5. The monoisotopic (exact) mass is 316 g/mol. The lowest BCUT2D eigenvalue weighted by atomic mass is 9.84. The molecule has 1 aliphatic rings. The summed E-state index contributed by atoms with van der Waals surface area (Å²) in [6.45, 7) is 1.88. The molecule has 2 N–H and O–H groups in total. The number of carbonyl (C=O) groups excluding carboxylic acids is 1. The van der Waals surface area contributed by atoms with E-state index in [1.165, 1.54) is 6.42 Å². The van der Waals surface area contributed by atoms with Gasteiger partial charge in [-0.2, -0.15) is 13.2 Å². The lowest BCUT2D eigenvalue weighted by Crippen LogP contribution is -2.40. The van der Waals surface area contributed by atoms with E-state index in [-0.39, 0.29) is 11.7 Å². The van der Waals surface area contributed by atoms with E-state index in [2.05, 4.69) is 5.32 Å². The third kappa shape index (κ3) is 3.90. The number of hydrogen-bond donors (Lipinski definition) is 2. The first-order chi connectivity index (χ1) is 10.3. The number of alkyl halides is 3. The molecule has 4 nitrogen and oxygen atoms in total. The molecular weight excluding hydrogens is 297 g/mol. The maximum atomic E-state index is 12.5. The van der Waals surface area contributed by atoms with Crippen molar-refractivity contribution in [2.45, 2.75) is 51.2 Å². The minimum absolute atomic E-state index is 0.0707. The molecule has 1 aliphatic carbocycles. The molecule has 122 valence electrons. The number of nitrogens with one attached hydrogen (secondary N) is 2. The smallest absolute Gasteiger partial charge is 0.348 e. The predicted octanol–water partition coefficient (Wildman–Crippen LogP) is 3.09. The molecule has 1 aromatic rings. The fourth-order valence-electron chi connectivity index (χ4n) is 2.87. The summed E-state index contributed by atoms with van der Waals surface area (Å²) in [6, 6.07) is 1.56. The molecular formula is C15H19F3N2O2. The zero-order valence-electron chi connectivity index (χ0n) is 12.3. The number of amides is 1. The van der Waals surface area contributed by atoms with E-state index in [1.54, 1.807) is 0 Å². The number of pyridine rings is 1. The molecule has 7 heteroatoms. The molecule has 1 atom stereocenters. The standard InChI is InChI=1S/C15H19F3N2O2/c1-9(10-5-3-2-4-6-10)19-14(22)12-8-7-11(13(21)20-12)15(16,17)18/h7-10H,2-6H2,1H3,(H,19,22)(H,20,21). The zero-order valence-corrected chi connectivity index (χ0v) is 12.3. The Morgan fingerprint density at radius 2 is 1.91 bits per heavy atom. The summed E-state index contributed by atoms with van der Waals surface area (Å²) < 4.78 is 37.5. The average molecular weight is 316 g/mol. The average Bonchev–Trinajstić information content (AvgIpc) is 2.46. The number of halogens is 3. The largest absolute Gasteiger partial charge is 0.421 e. The summed E-state index contributed by atoms with van der Waals surface area (Å²) in [5, 5.41) is 2.76. The van der Waals surface area contributed by atoms with Crippen molar-refractivity contribution in [2.24, 2.45) is 5.92 Å². The van der Waals surface area contributed by atoms with Gasteiger partial charge in [0.05, 0.1) is 0 Å². The van der Waals surface area contributed by atoms with Gasteiger partial charge in [-0.3, -0.25) is 9.59 Å². The normalized spacial score (nSPS) is 18.0. The molecule has 0 aliphatic heterocycles. The highest BCUT2D eigenvalue weighted by molar-refractivity contribution is 5.92. The number of aromatic nitrogens is 1. The van der Waals surface area contributed by atoms with Gasteiger partial charge in [-0.1, -0.05) is 19.3 Å². The van der Waals surface area contributed by atoms with Crippen molar-refractivity contribution < 1.29 is 18.0 Å². The van der Waals surface area contributed by atoms with Gasteiger partial charge in [0.2, 0.25) is 0 Å². The van der Waals surface area contributed by atoms with Crippen molar-refractivity contribution in [1.82, 2.24) is 10.3 Å². The van der Waals surface area contributed by atoms with Crippen molar-refractivity contribution >= 4 is 5.91 Å². The lowest BCUT2D eigenvalue weighted by molar-refractivity contribution is -0.138. The van der Waals surface area contributed by atoms with E-state index in [1.807, 2.05) is 11.9 Å². The van der Waals surface area contributed by atoms with Gasteiger partial charge < -0.3 is 10.3 Å². The molecule has 22 heavy (non-hydrogen) atoms. The minimum Gasteiger partial charge on any atom is -0.348 e. The molecule has 0 bridgehead atoms. The van der Waals surface area contributed by atoms with Crippen LogP contribution in [0, 0.1) is 5.92 Å². The van der Waals surface area contributed by atoms with Gasteiger partial charge in [0.1, 0.15) is 11.3 Å². The van der Waals surface area contributed by atoms with Crippen LogP contribution >= 0.6 is 0 Å². The third-order valence-electron chi connectivity index (χ3n) is 4.18. The van der Waals surface area contributed by atoms with Crippen LogP contribution in [0.15, 0.2) is 16.9 Å². The van der Waals surface area contributed by atoms with Crippen molar-refractivity contribution in [2.75, 3.05) is 0 Å². The Balaban J connectivity index is 2.06. The van der Waals surface area contributed by atoms with Gasteiger partial charge in [-0.05, 0) is 37.8 Å². The minimum atomic E-state index is -4.72. The van der Waals surface area contributed by atoms with Gasteiger partial charge >= 0.3 is 6.18 Å². The van der Waals surface area contributed by atoms with Crippen LogP contribution in [0.3, 0.4) is 0 Å². The Morgan fingerprint density at radius 3 is 2.45 bits per heavy atom. The van der Waals surface area contributed by atoms with E-state index in [9.17, 15) is 22.8 Å². The van der Waals surface area contributed by atoms with Crippen LogP contribution in [0.2, 0.25) is 0 Å². The number of hydrogen-bond acceptors (Lipinski definition) is 2. The van der Waals surface area contributed by atoms with E-state index in [0.29, 0.717) is 12.0 Å². The van der Waals surface area contributed by atoms with Crippen molar-refractivity contribution in [1.29, 1.82) is 0 Å². The molecule has 1 saturated carbocycles. The second-order valence-corrected chi connectivity index (χ2v) is 5.77. The van der Waals surface area contributed by atoms with Crippen LogP contribution in [0.5, 0.6) is 0 Å². The van der Waals surface area contributed by atoms with E-state index in [4.69, 9.17) is 0 Å². The highest BCUT2D eigenvalue weighted by Gasteiger charge is 2.34. The highest BCUT2D eigenvalue weighted by atomic mass is 19.4. The van der Waals surface area contributed by atoms with Crippen LogP contribution in [0.4, 0.5) is 13.2 Å². The number of rotatable bonds is 3. The Labute approximate surface area is 126 Å². The molecule has 0 aromatic carbocycles. The Morgan fingerprint density at radius 1 is 1.27 bits per heavy atom. The summed E-state index contributed by atoms with van der Waals surface area (Å²) >= 11 is 0. The molecule has 1 amide bonds. The van der Waals surface area contributed by atoms with Crippen LogP contribution in [-0.2, 0) is 6.18 Å². The Hall–Kier alpha value is -1.79. The van der Waals surface area contributed by atoms with Crippen molar-refractivity contribution in [3.63, 3.8) is 0 Å². The quantitative estimate of drug-likeness (QED) is 0.900. The van der Waals surface area contributed by atoms with E-state index < -0.39 is 23.2 Å². The van der Waals surface area contributed by atoms with Crippen LogP contribution < -0.4 is 10.9 Å². The summed E-state index contributed by atoms with van der Waals surface area (Å²) in [5.74, 6) is -0.178. The molecule has 1 aromatic heterocycles. The van der Waals surface area contributed by atoms with Crippen molar-refractivity contribution in [3.8, 4) is 0 Å². The molecule has 0 saturated heterocycles. The first-order valence-electron chi connectivity index (χ1n) is 7.40. The van der Waals surface area contributed by atoms with Crippen LogP contribution in [-0.4, -0.2) is 16.9 Å². The van der Waals surface area contributed by atoms with Crippen LogP contribution in [0.25, 0.3) is 0 Å². The topological polar surface area (TPSA) is 62.0 Å². The lowest BCUT2D eigenvalue weighted by Gasteiger charge is -2.28. The summed E-state index contributed by atoms with van der Waals surface area (Å²) in [6.07, 6.45) is 0.793. The first-order valence-corrected chi connectivity index (χ1v) is 7.40. The van der Waals surface area contributed by atoms with Gasteiger partial charge in [0.15, 0.2) is 0 Å². The molecule has 1 unspecified atom stereocenters. The third-order valence-corrected chi connectivity index (χ3v) is 4.18. The SMILES string of the molecule is CC(NC(=O)c1ccc(C(F)(F)F)c(=O)[nH]1)C1CCCCC1. The van der Waals surface area contributed by atoms with Gasteiger partial charge in [0, 0.05) is 6.04 Å². The summed E-state index contributed by atoms with van der Waals surface area (Å²) in [5.41, 5.74) is -2.75. The molecule has 1 fully saturated rings. The van der Waals surface area contributed by atoms with Crippen molar-refractivity contribution in [3.05, 3.63) is 33.7 Å². The van der Waals surface area contributed by atoms with Gasteiger partial charge in [0.25, 0.3) is 11.5 Å². The van der Waals surface area contributed by atoms with E-state index >= 15 is 0 Å². The molecule has 1 heterocycles. The maximum Gasteiger partial charge on any atom is 0.421 e. The summed E-state index contributed by atoms with van der Waals surface area (Å²) in [7, 11) is 0. The summed E-state index contributed by atoms with van der Waals surface area (Å²) in [4.78, 5) is 25.5. The zero-order chi connectivity index (χ0) is 16.3. The second kappa shape index (κ2) is 6.54. The molecule has 2 rings (SSSR count). The number of carbonyl (C=O) groups is 1. The molecule has 0 radical (unpaired) electrons.